The van der Waals surface area contributed by atoms with Crippen molar-refractivity contribution in [3.05, 3.63) is 0 Å². The summed E-state index contributed by atoms with van der Waals surface area (Å²) in [6.45, 7) is 5.25. The number of hydrogen-bond donors (Lipinski definition) is 2. The second-order valence-electron chi connectivity index (χ2n) is 5.02. The Morgan fingerprint density at radius 1 is 1.25 bits per heavy atom. The summed E-state index contributed by atoms with van der Waals surface area (Å²) < 4.78 is 0. The third-order valence-electron chi connectivity index (χ3n) is 3.85. The topological polar surface area (TPSA) is 35.5 Å². The maximum atomic E-state index is 9.01. The number of rotatable bonds is 4. The van der Waals surface area contributed by atoms with Crippen LogP contribution in [0.25, 0.3) is 0 Å². The van der Waals surface area contributed by atoms with Gasteiger partial charge in [-0.3, -0.25) is 4.90 Å². The SMILES string of the molecule is Cl.OCCC1CCCN1CC1CCCNC1. The van der Waals surface area contributed by atoms with Crippen LogP contribution in [0.15, 0.2) is 0 Å². The molecule has 2 rings (SSSR count). The van der Waals surface area contributed by atoms with Gasteiger partial charge in [0.1, 0.15) is 0 Å². The zero-order valence-electron chi connectivity index (χ0n) is 10.0. The van der Waals surface area contributed by atoms with Gasteiger partial charge in [0.25, 0.3) is 0 Å². The van der Waals surface area contributed by atoms with Crippen LogP contribution in [0.1, 0.15) is 32.1 Å². The van der Waals surface area contributed by atoms with E-state index in [0.29, 0.717) is 12.6 Å². The first kappa shape index (κ1) is 14.2. The molecule has 2 heterocycles. The van der Waals surface area contributed by atoms with Crippen LogP contribution in [0.4, 0.5) is 0 Å². The summed E-state index contributed by atoms with van der Waals surface area (Å²) in [5.74, 6) is 0.845. The van der Waals surface area contributed by atoms with Gasteiger partial charge in [-0.2, -0.15) is 0 Å². The van der Waals surface area contributed by atoms with Crippen molar-refractivity contribution in [3.63, 3.8) is 0 Å². The van der Waals surface area contributed by atoms with Crippen molar-refractivity contribution in [1.82, 2.24) is 10.2 Å². The van der Waals surface area contributed by atoms with Crippen molar-refractivity contribution in [2.45, 2.75) is 38.1 Å². The minimum Gasteiger partial charge on any atom is -0.396 e. The Balaban J connectivity index is 0.00000128. The van der Waals surface area contributed by atoms with Crippen molar-refractivity contribution < 1.29 is 5.11 Å². The second kappa shape index (κ2) is 7.49. The standard InChI is InChI=1S/C12H24N2O.ClH/c15-8-5-12-4-2-7-14(12)10-11-3-1-6-13-9-11;/h11-13,15H,1-10H2;1H. The highest BCUT2D eigenvalue weighted by Gasteiger charge is 2.26. The Morgan fingerprint density at radius 3 is 2.81 bits per heavy atom. The van der Waals surface area contributed by atoms with Crippen LogP contribution in [-0.4, -0.2) is 48.8 Å². The molecule has 0 amide bonds. The molecular formula is C12H25ClN2O. The number of hydrogen-bond acceptors (Lipinski definition) is 3. The van der Waals surface area contributed by atoms with Gasteiger partial charge in [0.05, 0.1) is 0 Å². The van der Waals surface area contributed by atoms with Crippen LogP contribution in [0.5, 0.6) is 0 Å². The van der Waals surface area contributed by atoms with E-state index in [1.54, 1.807) is 0 Å². The molecule has 0 aromatic carbocycles. The molecule has 0 aliphatic carbocycles. The lowest BCUT2D eigenvalue weighted by Crippen LogP contribution is -2.40. The molecule has 0 aromatic rings. The lowest BCUT2D eigenvalue weighted by Gasteiger charge is -2.31. The Hall–Kier alpha value is 0.170. The van der Waals surface area contributed by atoms with E-state index in [4.69, 9.17) is 5.11 Å². The van der Waals surface area contributed by atoms with Crippen LogP contribution in [0.2, 0.25) is 0 Å². The van der Waals surface area contributed by atoms with Crippen molar-refractivity contribution in [2.75, 3.05) is 32.8 Å². The van der Waals surface area contributed by atoms with Gasteiger partial charge in [-0.05, 0) is 57.7 Å². The lowest BCUT2D eigenvalue weighted by atomic mass is 9.98. The van der Waals surface area contributed by atoms with Gasteiger partial charge in [0, 0.05) is 19.2 Å². The zero-order valence-corrected chi connectivity index (χ0v) is 10.8. The number of nitrogens with one attached hydrogen (secondary N) is 1. The van der Waals surface area contributed by atoms with Crippen molar-refractivity contribution in [3.8, 4) is 0 Å². The van der Waals surface area contributed by atoms with Crippen molar-refractivity contribution >= 4 is 12.4 Å². The zero-order chi connectivity index (χ0) is 10.5. The van der Waals surface area contributed by atoms with Gasteiger partial charge < -0.3 is 10.4 Å². The smallest absolute Gasteiger partial charge is 0.0445 e. The van der Waals surface area contributed by atoms with Crippen LogP contribution < -0.4 is 5.32 Å². The maximum absolute atomic E-state index is 9.01. The largest absolute Gasteiger partial charge is 0.396 e. The molecule has 96 valence electrons. The number of nitrogens with zero attached hydrogens (tertiary/aromatic N) is 1. The highest BCUT2D eigenvalue weighted by atomic mass is 35.5. The summed E-state index contributed by atoms with van der Waals surface area (Å²) in [4.78, 5) is 2.61. The van der Waals surface area contributed by atoms with Gasteiger partial charge in [-0.25, -0.2) is 0 Å². The quantitative estimate of drug-likeness (QED) is 0.786. The van der Waals surface area contributed by atoms with E-state index in [0.717, 1.165) is 12.3 Å². The van der Waals surface area contributed by atoms with Gasteiger partial charge in [0.15, 0.2) is 0 Å². The maximum Gasteiger partial charge on any atom is 0.0445 e. The van der Waals surface area contributed by atoms with E-state index in [1.165, 1.54) is 51.9 Å². The number of likely N-dealkylation sites (tertiary alicyclic amines) is 1. The van der Waals surface area contributed by atoms with Crippen molar-refractivity contribution in [2.24, 2.45) is 5.92 Å². The van der Waals surface area contributed by atoms with E-state index in [9.17, 15) is 0 Å². The molecule has 2 aliphatic rings. The van der Waals surface area contributed by atoms with Gasteiger partial charge in [0.2, 0.25) is 0 Å². The third kappa shape index (κ3) is 3.88. The summed E-state index contributed by atoms with van der Waals surface area (Å²) >= 11 is 0. The molecule has 0 saturated carbocycles. The molecule has 0 radical (unpaired) electrons. The molecule has 3 nitrogen and oxygen atoms in total. The molecular weight excluding hydrogens is 224 g/mol. The number of piperidine rings is 1. The first-order valence-electron chi connectivity index (χ1n) is 6.46. The highest BCUT2D eigenvalue weighted by molar-refractivity contribution is 5.85. The molecule has 2 atom stereocenters. The van der Waals surface area contributed by atoms with Crippen LogP contribution in [0.3, 0.4) is 0 Å². The fraction of sp³-hybridized carbons (Fsp3) is 1.00. The molecule has 0 bridgehead atoms. The molecule has 2 saturated heterocycles. The molecule has 2 aliphatic heterocycles. The van der Waals surface area contributed by atoms with E-state index in [-0.39, 0.29) is 12.4 Å². The average molecular weight is 249 g/mol. The highest BCUT2D eigenvalue weighted by Crippen LogP contribution is 2.22. The first-order chi connectivity index (χ1) is 7.40. The van der Waals surface area contributed by atoms with Crippen LogP contribution in [-0.2, 0) is 0 Å². The predicted octanol–water partition coefficient (Wildman–Crippen LogP) is 1.25. The van der Waals surface area contributed by atoms with E-state index in [2.05, 4.69) is 10.2 Å². The minimum atomic E-state index is 0. The summed E-state index contributed by atoms with van der Waals surface area (Å²) in [6.07, 6.45) is 6.31. The van der Waals surface area contributed by atoms with Crippen LogP contribution >= 0.6 is 12.4 Å². The Bertz CT molecular complexity index is 186. The van der Waals surface area contributed by atoms with Crippen molar-refractivity contribution in [1.29, 1.82) is 0 Å². The average Bonchev–Trinajstić information content (AvgIpc) is 2.68. The summed E-state index contributed by atoms with van der Waals surface area (Å²) in [5, 5.41) is 12.5. The number of halogens is 1. The second-order valence-corrected chi connectivity index (χ2v) is 5.02. The molecule has 2 N–H and O–H groups in total. The van der Waals surface area contributed by atoms with E-state index < -0.39 is 0 Å². The number of aliphatic hydroxyl groups is 1. The molecule has 2 fully saturated rings. The molecule has 2 unspecified atom stereocenters. The van der Waals surface area contributed by atoms with Crippen LogP contribution in [0, 0.1) is 5.92 Å². The minimum absolute atomic E-state index is 0. The molecule has 16 heavy (non-hydrogen) atoms. The Labute approximate surface area is 105 Å². The lowest BCUT2D eigenvalue weighted by molar-refractivity contribution is 0.163. The van der Waals surface area contributed by atoms with E-state index in [1.807, 2.05) is 0 Å². The molecule has 4 heteroatoms. The van der Waals surface area contributed by atoms with Gasteiger partial charge in [-0.1, -0.05) is 0 Å². The summed E-state index contributed by atoms with van der Waals surface area (Å²) in [5.41, 5.74) is 0. The first-order valence-corrected chi connectivity index (χ1v) is 6.46. The predicted molar refractivity (Wildman–Crippen MR) is 69.1 cm³/mol. The normalized spacial score (nSPS) is 31.3. The van der Waals surface area contributed by atoms with Gasteiger partial charge >= 0.3 is 0 Å². The molecule has 0 aromatic heterocycles. The summed E-state index contributed by atoms with van der Waals surface area (Å²) in [6, 6.07) is 0.664. The molecule has 0 spiro atoms. The monoisotopic (exact) mass is 248 g/mol. The number of aliphatic hydroxyl groups excluding tert-OH is 1. The van der Waals surface area contributed by atoms with E-state index >= 15 is 0 Å². The third-order valence-corrected chi connectivity index (χ3v) is 3.85. The Morgan fingerprint density at radius 2 is 2.12 bits per heavy atom. The Kier molecular flexibility index (Phi) is 6.66. The fourth-order valence-electron chi connectivity index (χ4n) is 3.02. The van der Waals surface area contributed by atoms with Gasteiger partial charge in [-0.15, -0.1) is 12.4 Å². The summed E-state index contributed by atoms with van der Waals surface area (Å²) in [7, 11) is 0. The fourth-order valence-corrected chi connectivity index (χ4v) is 3.02.